The number of anilines is 2. The molecule has 0 unspecified atom stereocenters. The van der Waals surface area contributed by atoms with Crippen LogP contribution in [0.2, 0.25) is 10.2 Å². The molecule has 1 aromatic carbocycles. The van der Waals surface area contributed by atoms with Crippen molar-refractivity contribution >= 4 is 52.3 Å². The summed E-state index contributed by atoms with van der Waals surface area (Å²) < 4.78 is 11.0. The topological polar surface area (TPSA) is 71.5 Å². The number of morpholine rings is 1. The Morgan fingerprint density at radius 3 is 2.55 bits per heavy atom. The maximum atomic E-state index is 6.26. The SMILES string of the molecule is S=C(NCC1(c2cccc(Cl)c2)CCOCC1)Nc1nc(Cl)cc(N2CCOCC2)n1. The predicted octanol–water partition coefficient (Wildman–Crippen LogP) is 3.65. The van der Waals surface area contributed by atoms with Crippen molar-refractivity contribution in [1.29, 1.82) is 0 Å². The van der Waals surface area contributed by atoms with Gasteiger partial charge in [-0.15, -0.1) is 0 Å². The van der Waals surface area contributed by atoms with Crippen LogP contribution >= 0.6 is 35.4 Å². The number of ether oxygens (including phenoxy) is 2. The van der Waals surface area contributed by atoms with Gasteiger partial charge in [0.2, 0.25) is 5.95 Å². The van der Waals surface area contributed by atoms with Gasteiger partial charge in [0.15, 0.2) is 5.11 Å². The molecule has 7 nitrogen and oxygen atoms in total. The van der Waals surface area contributed by atoms with E-state index in [-0.39, 0.29) is 5.41 Å². The molecule has 2 aliphatic rings. The van der Waals surface area contributed by atoms with Crippen LogP contribution in [-0.2, 0) is 14.9 Å². The third-order valence-corrected chi connectivity index (χ3v) is 6.39. The number of nitrogens with zero attached hydrogens (tertiary/aromatic N) is 3. The maximum Gasteiger partial charge on any atom is 0.232 e. The molecule has 2 aliphatic heterocycles. The lowest BCUT2D eigenvalue weighted by atomic mass is 9.74. The van der Waals surface area contributed by atoms with E-state index in [2.05, 4.69) is 31.6 Å². The normalized spacial score (nSPS) is 18.5. The summed E-state index contributed by atoms with van der Waals surface area (Å²) in [6, 6.07) is 9.77. The molecule has 0 aliphatic carbocycles. The van der Waals surface area contributed by atoms with Crippen LogP contribution in [0.1, 0.15) is 18.4 Å². The smallest absolute Gasteiger partial charge is 0.232 e. The number of halogens is 2. The van der Waals surface area contributed by atoms with E-state index in [1.807, 2.05) is 18.2 Å². The minimum Gasteiger partial charge on any atom is -0.381 e. The van der Waals surface area contributed by atoms with Gasteiger partial charge in [0.1, 0.15) is 11.0 Å². The lowest BCUT2D eigenvalue weighted by Gasteiger charge is -2.38. The molecule has 3 heterocycles. The molecule has 31 heavy (non-hydrogen) atoms. The molecule has 0 atom stereocenters. The van der Waals surface area contributed by atoms with Gasteiger partial charge in [-0.25, -0.2) is 4.98 Å². The summed E-state index contributed by atoms with van der Waals surface area (Å²) >= 11 is 18.0. The third kappa shape index (κ3) is 5.75. The van der Waals surface area contributed by atoms with Crippen molar-refractivity contribution in [2.24, 2.45) is 0 Å². The van der Waals surface area contributed by atoms with Crippen LogP contribution in [0.25, 0.3) is 0 Å². The Bertz CT molecular complexity index is 920. The van der Waals surface area contributed by atoms with Gasteiger partial charge in [-0.1, -0.05) is 35.3 Å². The molecule has 2 N–H and O–H groups in total. The van der Waals surface area contributed by atoms with Crippen LogP contribution in [0.3, 0.4) is 0 Å². The van der Waals surface area contributed by atoms with E-state index < -0.39 is 0 Å². The second kappa shape index (κ2) is 10.3. The predicted molar refractivity (Wildman–Crippen MR) is 127 cm³/mol. The Morgan fingerprint density at radius 1 is 1.06 bits per heavy atom. The van der Waals surface area contributed by atoms with Gasteiger partial charge in [-0.05, 0) is 42.8 Å². The van der Waals surface area contributed by atoms with Crippen molar-refractivity contribution in [3.63, 3.8) is 0 Å². The lowest BCUT2D eigenvalue weighted by molar-refractivity contribution is 0.0515. The molecule has 10 heteroatoms. The summed E-state index contributed by atoms with van der Waals surface area (Å²) in [6.45, 7) is 4.92. The molecule has 166 valence electrons. The van der Waals surface area contributed by atoms with Crippen LogP contribution in [0.4, 0.5) is 11.8 Å². The number of rotatable bonds is 5. The Kier molecular flexibility index (Phi) is 7.45. The molecule has 0 spiro atoms. The van der Waals surface area contributed by atoms with Gasteiger partial charge in [-0.2, -0.15) is 4.98 Å². The van der Waals surface area contributed by atoms with Crippen molar-refractivity contribution in [2.45, 2.75) is 18.3 Å². The van der Waals surface area contributed by atoms with Gasteiger partial charge < -0.3 is 25.0 Å². The average molecular weight is 482 g/mol. The second-order valence-electron chi connectivity index (χ2n) is 7.68. The number of benzene rings is 1. The molecular formula is C21H25Cl2N5O2S. The van der Waals surface area contributed by atoms with Gasteiger partial charge in [-0.3, -0.25) is 0 Å². The highest BCUT2D eigenvalue weighted by molar-refractivity contribution is 7.80. The number of hydrogen-bond donors (Lipinski definition) is 2. The first-order chi connectivity index (χ1) is 15.0. The number of aromatic nitrogens is 2. The fraction of sp³-hybridized carbons (Fsp3) is 0.476. The van der Waals surface area contributed by atoms with Gasteiger partial charge in [0.05, 0.1) is 13.2 Å². The highest BCUT2D eigenvalue weighted by Crippen LogP contribution is 2.35. The number of nitrogens with one attached hydrogen (secondary N) is 2. The first-order valence-corrected chi connectivity index (χ1v) is 11.5. The molecule has 2 saturated heterocycles. The van der Waals surface area contributed by atoms with Crippen molar-refractivity contribution in [3.05, 3.63) is 46.1 Å². The van der Waals surface area contributed by atoms with Crippen molar-refractivity contribution in [3.8, 4) is 0 Å². The minimum atomic E-state index is -0.108. The van der Waals surface area contributed by atoms with Crippen LogP contribution < -0.4 is 15.5 Å². The highest BCUT2D eigenvalue weighted by Gasteiger charge is 2.34. The van der Waals surface area contributed by atoms with E-state index in [4.69, 9.17) is 44.9 Å². The van der Waals surface area contributed by atoms with Gasteiger partial charge >= 0.3 is 0 Å². The van der Waals surface area contributed by atoms with E-state index in [1.54, 1.807) is 6.07 Å². The zero-order chi connectivity index (χ0) is 21.7. The highest BCUT2D eigenvalue weighted by atomic mass is 35.5. The number of thiocarbonyl (C=S) groups is 1. The molecule has 4 rings (SSSR count). The molecule has 0 bridgehead atoms. The van der Waals surface area contributed by atoms with Crippen LogP contribution in [0.5, 0.6) is 0 Å². The Morgan fingerprint density at radius 2 is 1.81 bits per heavy atom. The van der Waals surface area contributed by atoms with E-state index >= 15 is 0 Å². The minimum absolute atomic E-state index is 0.108. The molecule has 0 radical (unpaired) electrons. The number of hydrogen-bond acceptors (Lipinski definition) is 6. The van der Waals surface area contributed by atoms with Gasteiger partial charge in [0, 0.05) is 49.4 Å². The van der Waals surface area contributed by atoms with Crippen molar-refractivity contribution < 1.29 is 9.47 Å². The molecule has 0 amide bonds. The van der Waals surface area contributed by atoms with E-state index in [1.165, 1.54) is 5.56 Å². The molecule has 2 aromatic rings. The summed E-state index contributed by atoms with van der Waals surface area (Å²) in [5.74, 6) is 1.13. The third-order valence-electron chi connectivity index (χ3n) is 5.72. The van der Waals surface area contributed by atoms with Crippen molar-refractivity contribution in [2.75, 3.05) is 56.3 Å². The first-order valence-electron chi connectivity index (χ1n) is 10.3. The largest absolute Gasteiger partial charge is 0.381 e. The molecule has 2 fully saturated rings. The standard InChI is InChI=1S/C21H25Cl2N5O2S/c22-16-3-1-2-15(12-16)21(4-8-29-9-5-21)14-24-20(31)27-19-25-17(23)13-18(26-19)28-6-10-30-11-7-28/h1-3,12-13H,4-11,14H2,(H2,24,25,26,27,31). The van der Waals surface area contributed by atoms with Crippen LogP contribution in [0, 0.1) is 0 Å². The van der Waals surface area contributed by atoms with E-state index in [0.29, 0.717) is 49.2 Å². The van der Waals surface area contributed by atoms with Crippen molar-refractivity contribution in [1.82, 2.24) is 15.3 Å². The zero-order valence-electron chi connectivity index (χ0n) is 17.1. The summed E-state index contributed by atoms with van der Waals surface area (Å²) in [5, 5.41) is 7.96. The monoisotopic (exact) mass is 481 g/mol. The summed E-state index contributed by atoms with van der Waals surface area (Å²) in [4.78, 5) is 11.0. The molecule has 0 saturated carbocycles. The maximum absolute atomic E-state index is 6.26. The van der Waals surface area contributed by atoms with Gasteiger partial charge in [0.25, 0.3) is 0 Å². The van der Waals surface area contributed by atoms with Crippen LogP contribution in [0.15, 0.2) is 30.3 Å². The zero-order valence-corrected chi connectivity index (χ0v) is 19.4. The van der Waals surface area contributed by atoms with Crippen LogP contribution in [-0.4, -0.2) is 61.1 Å². The quantitative estimate of drug-likeness (QED) is 0.495. The fourth-order valence-corrected chi connectivity index (χ4v) is 4.49. The lowest BCUT2D eigenvalue weighted by Crippen LogP contribution is -2.45. The summed E-state index contributed by atoms with van der Waals surface area (Å²) in [7, 11) is 0. The Hall–Kier alpha value is -1.71. The molecular weight excluding hydrogens is 457 g/mol. The fourth-order valence-electron chi connectivity index (χ4n) is 3.96. The Labute approximate surface area is 197 Å². The molecule has 1 aromatic heterocycles. The second-order valence-corrected chi connectivity index (χ2v) is 8.91. The van der Waals surface area contributed by atoms with E-state index in [9.17, 15) is 0 Å². The average Bonchev–Trinajstić information content (AvgIpc) is 2.78. The first kappa shape index (κ1) is 22.5. The Balaban J connectivity index is 1.43. The summed E-state index contributed by atoms with van der Waals surface area (Å²) in [6.07, 6.45) is 1.77. The summed E-state index contributed by atoms with van der Waals surface area (Å²) in [5.41, 5.74) is 1.08. The van der Waals surface area contributed by atoms with E-state index in [0.717, 1.165) is 36.8 Å².